The van der Waals surface area contributed by atoms with Gasteiger partial charge < -0.3 is 4.74 Å². The van der Waals surface area contributed by atoms with Crippen LogP contribution in [0.15, 0.2) is 11.6 Å². The molecule has 0 aromatic carbocycles. The van der Waals surface area contributed by atoms with Crippen LogP contribution in [0.1, 0.15) is 6.92 Å². The van der Waals surface area contributed by atoms with Gasteiger partial charge in [-0.15, -0.1) is 11.6 Å². The van der Waals surface area contributed by atoms with E-state index in [0.29, 0.717) is 11.9 Å². The monoisotopic (exact) mass is 252 g/mol. The topological polar surface area (TPSA) is 9.23 Å². The number of hydrogen-bond acceptors (Lipinski definition) is 2. The maximum absolute atomic E-state index is 5.69. The van der Waals surface area contributed by atoms with Crippen LogP contribution >= 0.6 is 38.8 Å². The minimum Gasteiger partial charge on any atom is -0.501 e. The first kappa shape index (κ1) is 12.1. The van der Waals surface area contributed by atoms with E-state index in [9.17, 15) is 0 Å². The normalized spacial score (nSPS) is 13.3. The van der Waals surface area contributed by atoms with Gasteiger partial charge in [0, 0.05) is 5.31 Å². The first-order chi connectivity index (χ1) is 5.02. The van der Waals surface area contributed by atoms with E-state index in [1.807, 2.05) is 6.92 Å². The van der Waals surface area contributed by atoms with Gasteiger partial charge >= 0.3 is 0 Å². The molecule has 0 rings (SSSR count). The van der Waals surface area contributed by atoms with Crippen LogP contribution in [0.3, 0.4) is 0 Å². The standard InChI is InChI=1S/C5H8Cl3OPS/c1-2-9-4-5(3-6)10(7,8)11/h4H,2-3H2,1H3/b5-4+. The summed E-state index contributed by atoms with van der Waals surface area (Å²) in [5.41, 5.74) is 0. The second kappa shape index (κ2) is 5.66. The second-order valence-corrected chi connectivity index (χ2v) is 9.83. The van der Waals surface area contributed by atoms with E-state index in [2.05, 4.69) is 0 Å². The summed E-state index contributed by atoms with van der Waals surface area (Å²) in [6, 6.07) is 0. The van der Waals surface area contributed by atoms with Gasteiger partial charge in [-0.1, -0.05) is 34.3 Å². The molecule has 0 aromatic heterocycles. The van der Waals surface area contributed by atoms with Crippen molar-refractivity contribution in [2.75, 3.05) is 12.5 Å². The van der Waals surface area contributed by atoms with Gasteiger partial charge in [0.2, 0.25) is 0 Å². The smallest absolute Gasteiger partial charge is 0.147 e. The zero-order valence-corrected chi connectivity index (χ0v) is 9.87. The van der Waals surface area contributed by atoms with Crippen LogP contribution in [0, 0.1) is 0 Å². The average molecular weight is 254 g/mol. The highest BCUT2D eigenvalue weighted by molar-refractivity contribution is 8.40. The van der Waals surface area contributed by atoms with Crippen LogP contribution in [-0.4, -0.2) is 12.5 Å². The van der Waals surface area contributed by atoms with Crippen molar-refractivity contribution < 1.29 is 4.74 Å². The predicted molar refractivity (Wildman–Crippen MR) is 56.4 cm³/mol. The Morgan fingerprint density at radius 1 is 1.64 bits per heavy atom. The Bertz CT molecular complexity index is 188. The molecule has 0 amide bonds. The quantitative estimate of drug-likeness (QED) is 0.427. The van der Waals surface area contributed by atoms with Crippen LogP contribution < -0.4 is 0 Å². The lowest BCUT2D eigenvalue weighted by molar-refractivity contribution is 0.268. The van der Waals surface area contributed by atoms with Crippen molar-refractivity contribution in [1.29, 1.82) is 0 Å². The molecule has 6 heteroatoms. The first-order valence-electron chi connectivity index (χ1n) is 2.89. The molecule has 0 saturated carbocycles. The molecule has 0 N–H and O–H groups in total. The van der Waals surface area contributed by atoms with Crippen LogP contribution in [0.4, 0.5) is 0 Å². The second-order valence-electron chi connectivity index (χ2n) is 1.66. The van der Waals surface area contributed by atoms with E-state index in [1.165, 1.54) is 6.26 Å². The molecular formula is C5H8Cl3OPS. The summed E-state index contributed by atoms with van der Waals surface area (Å²) in [6.45, 7) is 2.41. The lowest BCUT2D eigenvalue weighted by atomic mass is 10.7. The molecule has 0 aliphatic rings. The number of hydrogen-bond donors (Lipinski definition) is 0. The fourth-order valence-corrected chi connectivity index (χ4v) is 2.78. The van der Waals surface area contributed by atoms with Gasteiger partial charge in [0.15, 0.2) is 0 Å². The van der Waals surface area contributed by atoms with Crippen molar-refractivity contribution in [3.8, 4) is 0 Å². The maximum Gasteiger partial charge on any atom is 0.147 e. The Morgan fingerprint density at radius 3 is 2.45 bits per heavy atom. The third-order valence-electron chi connectivity index (χ3n) is 0.857. The zero-order valence-electron chi connectivity index (χ0n) is 5.89. The Labute approximate surface area is 86.2 Å². The number of ether oxygens (including phenoxy) is 1. The van der Waals surface area contributed by atoms with Crippen molar-refractivity contribution in [1.82, 2.24) is 0 Å². The van der Waals surface area contributed by atoms with Crippen LogP contribution in [-0.2, 0) is 16.5 Å². The molecule has 0 heterocycles. The predicted octanol–water partition coefficient (Wildman–Crippen LogP) is 3.89. The highest BCUT2D eigenvalue weighted by Gasteiger charge is 2.14. The molecule has 0 radical (unpaired) electrons. The minimum absolute atomic E-state index is 0.226. The molecule has 1 nitrogen and oxygen atoms in total. The first-order valence-corrected chi connectivity index (χ1v) is 8.03. The van der Waals surface area contributed by atoms with Gasteiger partial charge in [-0.3, -0.25) is 0 Å². The maximum atomic E-state index is 5.69. The molecule has 0 bridgehead atoms. The molecule has 0 aliphatic heterocycles. The van der Waals surface area contributed by atoms with E-state index >= 15 is 0 Å². The fourth-order valence-electron chi connectivity index (χ4n) is 0.342. The number of alkyl halides is 1. The van der Waals surface area contributed by atoms with Crippen molar-refractivity contribution in [3.63, 3.8) is 0 Å². The van der Waals surface area contributed by atoms with E-state index in [1.54, 1.807) is 0 Å². The SMILES string of the molecule is CCO/C=C(\CCl)P(=S)(Cl)Cl. The summed E-state index contributed by atoms with van der Waals surface area (Å²) < 4.78 is 2.54. The van der Waals surface area contributed by atoms with Gasteiger partial charge in [-0.05, 0) is 6.92 Å². The number of allylic oxidation sites excluding steroid dienone is 1. The van der Waals surface area contributed by atoms with Gasteiger partial charge in [-0.25, -0.2) is 0 Å². The van der Waals surface area contributed by atoms with Crippen LogP contribution in [0.2, 0.25) is 0 Å². The summed E-state index contributed by atoms with van der Waals surface area (Å²) >= 11 is 21.7. The zero-order chi connectivity index (χ0) is 8.91. The highest BCUT2D eigenvalue weighted by atomic mass is 35.9. The van der Waals surface area contributed by atoms with Gasteiger partial charge in [0.25, 0.3) is 0 Å². The van der Waals surface area contributed by atoms with Crippen LogP contribution in [0.25, 0.3) is 0 Å². The average Bonchev–Trinajstić information content (AvgIpc) is 1.87. The van der Waals surface area contributed by atoms with E-state index in [0.717, 1.165) is 0 Å². The van der Waals surface area contributed by atoms with Crippen molar-refractivity contribution >= 4 is 50.6 Å². The van der Waals surface area contributed by atoms with Gasteiger partial charge in [0.1, 0.15) is 4.74 Å². The molecule has 0 atom stereocenters. The summed E-state index contributed by atoms with van der Waals surface area (Å²) in [7, 11) is 0. The Hall–Kier alpha value is 1.06. The third-order valence-corrected chi connectivity index (χ3v) is 4.27. The van der Waals surface area contributed by atoms with Gasteiger partial charge in [0.05, 0.1) is 18.7 Å². The van der Waals surface area contributed by atoms with Crippen molar-refractivity contribution in [2.45, 2.75) is 6.92 Å². The van der Waals surface area contributed by atoms with E-state index in [-0.39, 0.29) is 5.88 Å². The van der Waals surface area contributed by atoms with Crippen molar-refractivity contribution in [3.05, 3.63) is 11.6 Å². The lowest BCUT2D eigenvalue weighted by Crippen LogP contribution is -1.84. The largest absolute Gasteiger partial charge is 0.501 e. The molecule has 0 fully saturated rings. The fraction of sp³-hybridized carbons (Fsp3) is 0.600. The molecule has 0 spiro atoms. The molecule has 0 saturated heterocycles. The molecule has 0 aliphatic carbocycles. The molecular weight excluding hydrogens is 245 g/mol. The lowest BCUT2D eigenvalue weighted by Gasteiger charge is -2.06. The number of halogens is 3. The van der Waals surface area contributed by atoms with Crippen LogP contribution in [0.5, 0.6) is 0 Å². The minimum atomic E-state index is -2.42. The molecule has 11 heavy (non-hydrogen) atoms. The van der Waals surface area contributed by atoms with Crippen molar-refractivity contribution in [2.24, 2.45) is 0 Å². The summed E-state index contributed by atoms with van der Waals surface area (Å²) in [6.07, 6.45) is 1.45. The molecule has 0 aromatic rings. The summed E-state index contributed by atoms with van der Waals surface area (Å²) in [4.78, 5) is 0. The Balaban J connectivity index is 4.28. The highest BCUT2D eigenvalue weighted by Crippen LogP contribution is 2.64. The van der Waals surface area contributed by atoms with E-state index < -0.39 is 4.74 Å². The molecule has 66 valence electrons. The van der Waals surface area contributed by atoms with Gasteiger partial charge in [-0.2, -0.15) is 0 Å². The molecule has 0 unspecified atom stereocenters. The Kier molecular flexibility index (Phi) is 6.21. The summed E-state index contributed by atoms with van der Waals surface area (Å²) in [5.74, 6) is 0.226. The number of rotatable bonds is 4. The third kappa shape index (κ3) is 5.32. The summed E-state index contributed by atoms with van der Waals surface area (Å²) in [5, 5.41) is 0.597. The van der Waals surface area contributed by atoms with E-state index in [4.69, 9.17) is 50.6 Å². The Morgan fingerprint density at radius 2 is 2.18 bits per heavy atom.